The van der Waals surface area contributed by atoms with E-state index in [9.17, 15) is 10.1 Å². The molecule has 0 spiro atoms. The van der Waals surface area contributed by atoms with Gasteiger partial charge < -0.3 is 9.88 Å². The molecule has 0 aliphatic carbocycles. The topological polar surface area (TPSA) is 57.8 Å². The number of aryl methyl sites for hydroxylation is 2. The summed E-state index contributed by atoms with van der Waals surface area (Å²) in [5.74, 6) is -0.354. The minimum absolute atomic E-state index is 0.109. The molecule has 3 aromatic rings. The van der Waals surface area contributed by atoms with E-state index in [-0.39, 0.29) is 11.5 Å². The Morgan fingerprint density at radius 2 is 2.00 bits per heavy atom. The number of amides is 1. The Hall–Kier alpha value is -3.10. The van der Waals surface area contributed by atoms with Gasteiger partial charge in [-0.25, -0.2) is 0 Å². The molecule has 5 heteroatoms. The molecule has 0 saturated heterocycles. The van der Waals surface area contributed by atoms with Crippen molar-refractivity contribution in [2.24, 2.45) is 0 Å². The third-order valence-corrected chi connectivity index (χ3v) is 5.83. The van der Waals surface area contributed by atoms with Crippen LogP contribution in [0.4, 0.5) is 0 Å². The van der Waals surface area contributed by atoms with Crippen LogP contribution >= 0.6 is 11.3 Å². The first-order valence-corrected chi connectivity index (χ1v) is 9.98. The van der Waals surface area contributed by atoms with Gasteiger partial charge >= 0.3 is 0 Å². The molecule has 28 heavy (non-hydrogen) atoms. The summed E-state index contributed by atoms with van der Waals surface area (Å²) in [5, 5.41) is 14.3. The van der Waals surface area contributed by atoms with E-state index in [1.165, 1.54) is 11.1 Å². The predicted molar refractivity (Wildman–Crippen MR) is 114 cm³/mol. The highest BCUT2D eigenvalue weighted by Gasteiger charge is 2.15. The van der Waals surface area contributed by atoms with Crippen LogP contribution in [0.2, 0.25) is 0 Å². The predicted octanol–water partition coefficient (Wildman–Crippen LogP) is 5.00. The molecule has 1 N–H and O–H groups in total. The number of rotatable bonds is 5. The number of carbonyl (C=O) groups is 1. The quantitative estimate of drug-likeness (QED) is 0.493. The standard InChI is InChI=1S/C23H23N3OS/c1-15-7-5-9-22(17(15)3)26-16(2)11-19(18(26)4)12-20(13-24)23(27)25-14-21-8-6-10-28-21/h5-12H,14H2,1-4H3,(H,25,27)/b20-12+. The van der Waals surface area contributed by atoms with E-state index < -0.39 is 0 Å². The average molecular weight is 390 g/mol. The molecule has 0 aliphatic heterocycles. The molecule has 0 atom stereocenters. The molecule has 2 heterocycles. The van der Waals surface area contributed by atoms with Gasteiger partial charge in [-0.05, 0) is 74.0 Å². The third kappa shape index (κ3) is 3.92. The van der Waals surface area contributed by atoms with Gasteiger partial charge in [0.1, 0.15) is 11.6 Å². The van der Waals surface area contributed by atoms with Crippen molar-refractivity contribution in [2.45, 2.75) is 34.2 Å². The number of nitriles is 1. The van der Waals surface area contributed by atoms with Gasteiger partial charge in [0.2, 0.25) is 0 Å². The van der Waals surface area contributed by atoms with Crippen molar-refractivity contribution in [3.63, 3.8) is 0 Å². The van der Waals surface area contributed by atoms with Crippen LogP contribution in [0.25, 0.3) is 11.8 Å². The summed E-state index contributed by atoms with van der Waals surface area (Å²) in [6.07, 6.45) is 1.67. The molecule has 0 bridgehead atoms. The minimum Gasteiger partial charge on any atom is -0.347 e. The van der Waals surface area contributed by atoms with Crippen LogP contribution in [-0.2, 0) is 11.3 Å². The van der Waals surface area contributed by atoms with E-state index in [1.54, 1.807) is 17.4 Å². The third-order valence-electron chi connectivity index (χ3n) is 4.96. The minimum atomic E-state index is -0.354. The van der Waals surface area contributed by atoms with Gasteiger partial charge in [0.25, 0.3) is 5.91 Å². The molecule has 142 valence electrons. The van der Waals surface area contributed by atoms with E-state index in [0.717, 1.165) is 27.5 Å². The zero-order valence-electron chi connectivity index (χ0n) is 16.5. The molecular formula is C23H23N3OS. The van der Waals surface area contributed by atoms with Crippen LogP contribution in [0.3, 0.4) is 0 Å². The number of nitrogens with zero attached hydrogens (tertiary/aromatic N) is 2. The fraction of sp³-hybridized carbons (Fsp3) is 0.217. The molecule has 0 fully saturated rings. The number of hydrogen-bond donors (Lipinski definition) is 1. The van der Waals surface area contributed by atoms with Gasteiger partial charge in [0.05, 0.1) is 6.54 Å². The second kappa shape index (κ2) is 8.28. The van der Waals surface area contributed by atoms with Gasteiger partial charge in [0, 0.05) is 22.0 Å². The van der Waals surface area contributed by atoms with Crippen molar-refractivity contribution in [1.29, 1.82) is 5.26 Å². The molecular weight excluding hydrogens is 366 g/mol. The molecule has 0 radical (unpaired) electrons. The van der Waals surface area contributed by atoms with Gasteiger partial charge in [-0.3, -0.25) is 4.79 Å². The fourth-order valence-corrected chi connectivity index (χ4v) is 3.91. The SMILES string of the molecule is Cc1cccc(-n2c(C)cc(/C=C(\C#N)C(=O)NCc3cccs3)c2C)c1C. The van der Waals surface area contributed by atoms with E-state index in [4.69, 9.17) is 0 Å². The van der Waals surface area contributed by atoms with Crippen LogP contribution in [0.1, 0.15) is 33.0 Å². The first kappa shape index (κ1) is 19.7. The molecule has 4 nitrogen and oxygen atoms in total. The van der Waals surface area contributed by atoms with E-state index >= 15 is 0 Å². The van der Waals surface area contributed by atoms with E-state index in [2.05, 4.69) is 35.9 Å². The van der Waals surface area contributed by atoms with Crippen molar-refractivity contribution in [3.05, 3.63) is 80.3 Å². The largest absolute Gasteiger partial charge is 0.347 e. The molecule has 0 unspecified atom stereocenters. The van der Waals surface area contributed by atoms with E-state index in [1.807, 2.05) is 49.6 Å². The van der Waals surface area contributed by atoms with Crippen LogP contribution in [0.15, 0.2) is 47.4 Å². The monoisotopic (exact) mass is 389 g/mol. The van der Waals surface area contributed by atoms with Crippen molar-refractivity contribution < 1.29 is 4.79 Å². The first-order valence-electron chi connectivity index (χ1n) is 9.10. The molecule has 2 aromatic heterocycles. The molecule has 0 aliphatic rings. The number of thiophene rings is 1. The van der Waals surface area contributed by atoms with Gasteiger partial charge in [-0.2, -0.15) is 5.26 Å². The van der Waals surface area contributed by atoms with E-state index in [0.29, 0.717) is 6.54 Å². The van der Waals surface area contributed by atoms with Crippen molar-refractivity contribution in [3.8, 4) is 11.8 Å². The highest BCUT2D eigenvalue weighted by Crippen LogP contribution is 2.26. The molecule has 1 amide bonds. The Morgan fingerprint density at radius 1 is 1.21 bits per heavy atom. The maximum absolute atomic E-state index is 12.4. The highest BCUT2D eigenvalue weighted by molar-refractivity contribution is 7.09. The number of aromatic nitrogens is 1. The van der Waals surface area contributed by atoms with Crippen molar-refractivity contribution >= 4 is 23.3 Å². The van der Waals surface area contributed by atoms with Crippen LogP contribution in [0.5, 0.6) is 0 Å². The lowest BCUT2D eigenvalue weighted by molar-refractivity contribution is -0.117. The van der Waals surface area contributed by atoms with Crippen LogP contribution < -0.4 is 5.32 Å². The first-order chi connectivity index (χ1) is 13.4. The summed E-state index contributed by atoms with van der Waals surface area (Å²) >= 11 is 1.58. The van der Waals surface area contributed by atoms with Crippen molar-refractivity contribution in [2.75, 3.05) is 0 Å². The lowest BCUT2D eigenvalue weighted by Gasteiger charge is -2.14. The maximum atomic E-state index is 12.4. The zero-order chi connectivity index (χ0) is 20.3. The second-order valence-corrected chi connectivity index (χ2v) is 7.85. The van der Waals surface area contributed by atoms with Crippen LogP contribution in [0, 0.1) is 39.0 Å². The number of carbonyl (C=O) groups excluding carboxylic acids is 1. The Kier molecular flexibility index (Phi) is 5.81. The summed E-state index contributed by atoms with van der Waals surface area (Å²) in [6, 6.07) is 14.2. The summed E-state index contributed by atoms with van der Waals surface area (Å²) in [4.78, 5) is 13.5. The maximum Gasteiger partial charge on any atom is 0.262 e. The number of nitrogens with one attached hydrogen (secondary N) is 1. The summed E-state index contributed by atoms with van der Waals surface area (Å²) < 4.78 is 2.17. The Bertz CT molecular complexity index is 1080. The Morgan fingerprint density at radius 3 is 2.68 bits per heavy atom. The summed E-state index contributed by atoms with van der Waals surface area (Å²) in [5.41, 5.74) is 6.62. The Labute approximate surface area is 169 Å². The molecule has 3 rings (SSSR count). The van der Waals surface area contributed by atoms with Crippen LogP contribution in [-0.4, -0.2) is 10.5 Å². The van der Waals surface area contributed by atoms with Crippen molar-refractivity contribution in [1.82, 2.24) is 9.88 Å². The normalized spacial score (nSPS) is 11.3. The lowest BCUT2D eigenvalue weighted by atomic mass is 10.1. The summed E-state index contributed by atoms with van der Waals surface area (Å²) in [7, 11) is 0. The smallest absolute Gasteiger partial charge is 0.262 e. The average Bonchev–Trinajstić information content (AvgIpc) is 3.28. The van der Waals surface area contributed by atoms with Gasteiger partial charge in [-0.1, -0.05) is 18.2 Å². The summed E-state index contributed by atoms with van der Waals surface area (Å²) in [6.45, 7) is 8.68. The fourth-order valence-electron chi connectivity index (χ4n) is 3.26. The second-order valence-electron chi connectivity index (χ2n) is 6.81. The van der Waals surface area contributed by atoms with Gasteiger partial charge in [-0.15, -0.1) is 11.3 Å². The van der Waals surface area contributed by atoms with Gasteiger partial charge in [0.15, 0.2) is 0 Å². The molecule has 0 saturated carbocycles. The highest BCUT2D eigenvalue weighted by atomic mass is 32.1. The number of hydrogen-bond acceptors (Lipinski definition) is 3. The zero-order valence-corrected chi connectivity index (χ0v) is 17.4. The lowest BCUT2D eigenvalue weighted by Crippen LogP contribution is -2.23. The number of benzene rings is 1. The molecule has 1 aromatic carbocycles. The Balaban J connectivity index is 1.91.